The maximum atomic E-state index is 7.98. The van der Waals surface area contributed by atoms with Crippen molar-refractivity contribution in [3.63, 3.8) is 0 Å². The lowest BCUT2D eigenvalue weighted by atomic mass is 10.3. The zero-order chi connectivity index (χ0) is 6.41. The van der Waals surface area contributed by atoms with E-state index in [1.165, 1.54) is 0 Å². The number of hydrogen-bond acceptors (Lipinski definition) is 2. The molecule has 0 aromatic carbocycles. The highest BCUT2D eigenvalue weighted by atomic mass is 17.1. The van der Waals surface area contributed by atoms with Gasteiger partial charge in [0.05, 0.1) is 0 Å². The predicted octanol–water partition coefficient (Wildman–Crippen LogP) is 1.61. The Labute approximate surface area is 49.0 Å². The van der Waals surface area contributed by atoms with Gasteiger partial charge in [-0.3, -0.25) is 5.26 Å². The lowest BCUT2D eigenvalue weighted by molar-refractivity contribution is -0.261. The normalized spacial score (nSPS) is 14.2. The Hall–Kier alpha value is -0.600. The maximum Gasteiger partial charge on any atom is 0.108 e. The number of rotatable bonds is 3. The van der Waals surface area contributed by atoms with Crippen LogP contribution in [0.3, 0.4) is 0 Å². The van der Waals surface area contributed by atoms with Crippen molar-refractivity contribution in [2.75, 3.05) is 0 Å². The first-order chi connectivity index (χ1) is 3.81. The molecule has 0 aliphatic rings. The van der Waals surface area contributed by atoms with Crippen molar-refractivity contribution < 1.29 is 10.1 Å². The SMILES string of the molecule is C=C/C=C/[C@H](C)OO. The van der Waals surface area contributed by atoms with Crippen LogP contribution >= 0.6 is 0 Å². The molecule has 2 nitrogen and oxygen atoms in total. The molecule has 46 valence electrons. The predicted molar refractivity (Wildman–Crippen MR) is 32.5 cm³/mol. The van der Waals surface area contributed by atoms with E-state index in [9.17, 15) is 0 Å². The van der Waals surface area contributed by atoms with E-state index in [1.807, 2.05) is 0 Å². The van der Waals surface area contributed by atoms with Crippen molar-refractivity contribution in [2.45, 2.75) is 13.0 Å². The first-order valence-corrected chi connectivity index (χ1v) is 2.40. The fourth-order valence-corrected chi connectivity index (χ4v) is 0.270. The summed E-state index contributed by atoms with van der Waals surface area (Å²) in [7, 11) is 0. The summed E-state index contributed by atoms with van der Waals surface area (Å²) in [5, 5.41) is 7.98. The maximum absolute atomic E-state index is 7.98. The van der Waals surface area contributed by atoms with E-state index in [1.54, 1.807) is 25.2 Å². The molecule has 1 atom stereocenters. The van der Waals surface area contributed by atoms with E-state index in [-0.39, 0.29) is 6.10 Å². The summed E-state index contributed by atoms with van der Waals surface area (Å²) in [6, 6.07) is 0. The van der Waals surface area contributed by atoms with Crippen LogP contribution in [0.4, 0.5) is 0 Å². The van der Waals surface area contributed by atoms with Crippen molar-refractivity contribution in [3.05, 3.63) is 24.8 Å². The van der Waals surface area contributed by atoms with Crippen LogP contribution in [-0.2, 0) is 4.89 Å². The van der Waals surface area contributed by atoms with Gasteiger partial charge < -0.3 is 0 Å². The minimum Gasteiger partial charge on any atom is -0.251 e. The quantitative estimate of drug-likeness (QED) is 0.343. The highest BCUT2D eigenvalue weighted by Gasteiger charge is 1.88. The fraction of sp³-hybridized carbons (Fsp3) is 0.333. The van der Waals surface area contributed by atoms with Crippen molar-refractivity contribution in [2.24, 2.45) is 0 Å². The van der Waals surface area contributed by atoms with E-state index < -0.39 is 0 Å². The monoisotopic (exact) mass is 114 g/mol. The Morgan fingerprint density at radius 3 is 2.75 bits per heavy atom. The second kappa shape index (κ2) is 4.56. The third kappa shape index (κ3) is 3.59. The summed E-state index contributed by atoms with van der Waals surface area (Å²) in [4.78, 5) is 3.92. The highest BCUT2D eigenvalue weighted by molar-refractivity contribution is 4.99. The molecular weight excluding hydrogens is 104 g/mol. The Morgan fingerprint density at radius 1 is 1.75 bits per heavy atom. The van der Waals surface area contributed by atoms with Crippen LogP contribution in [0, 0.1) is 0 Å². The van der Waals surface area contributed by atoms with Gasteiger partial charge in [-0.2, -0.15) is 0 Å². The van der Waals surface area contributed by atoms with E-state index in [4.69, 9.17) is 5.26 Å². The van der Waals surface area contributed by atoms with Crippen LogP contribution in [-0.4, -0.2) is 11.4 Å². The van der Waals surface area contributed by atoms with Gasteiger partial charge in [0.2, 0.25) is 0 Å². The summed E-state index contributed by atoms with van der Waals surface area (Å²) >= 11 is 0. The molecule has 0 spiro atoms. The van der Waals surface area contributed by atoms with Gasteiger partial charge in [-0.1, -0.05) is 24.8 Å². The molecule has 0 aromatic heterocycles. The minimum absolute atomic E-state index is 0.243. The van der Waals surface area contributed by atoms with Gasteiger partial charge >= 0.3 is 0 Å². The summed E-state index contributed by atoms with van der Waals surface area (Å²) in [6.45, 7) is 5.17. The standard InChI is InChI=1S/C6H10O2/c1-3-4-5-6(2)8-7/h3-7H,1H2,2H3/b5-4+/t6-/m0/s1. The molecule has 0 unspecified atom stereocenters. The molecule has 1 N–H and O–H groups in total. The van der Waals surface area contributed by atoms with Gasteiger partial charge in [0.15, 0.2) is 0 Å². The first kappa shape index (κ1) is 7.40. The van der Waals surface area contributed by atoms with Crippen molar-refractivity contribution in [1.82, 2.24) is 0 Å². The number of hydrogen-bond donors (Lipinski definition) is 1. The topological polar surface area (TPSA) is 29.5 Å². The molecular formula is C6H10O2. The van der Waals surface area contributed by atoms with E-state index in [0.717, 1.165) is 0 Å². The molecule has 0 fully saturated rings. The van der Waals surface area contributed by atoms with Crippen molar-refractivity contribution in [1.29, 1.82) is 0 Å². The van der Waals surface area contributed by atoms with Crippen molar-refractivity contribution >= 4 is 0 Å². The lowest BCUT2D eigenvalue weighted by Crippen LogP contribution is -1.98. The molecule has 0 aromatic rings. The van der Waals surface area contributed by atoms with E-state index in [2.05, 4.69) is 11.5 Å². The molecule has 2 heteroatoms. The van der Waals surface area contributed by atoms with Gasteiger partial charge in [-0.25, -0.2) is 4.89 Å². The Kier molecular flexibility index (Phi) is 4.21. The molecule has 0 rings (SSSR count). The largest absolute Gasteiger partial charge is 0.251 e. The van der Waals surface area contributed by atoms with Crippen LogP contribution in [0.2, 0.25) is 0 Å². The second-order valence-electron chi connectivity index (χ2n) is 1.43. The van der Waals surface area contributed by atoms with Gasteiger partial charge in [-0.05, 0) is 6.92 Å². The average molecular weight is 114 g/mol. The van der Waals surface area contributed by atoms with Gasteiger partial charge in [-0.15, -0.1) is 0 Å². The molecule has 0 bridgehead atoms. The van der Waals surface area contributed by atoms with Crippen LogP contribution in [0.25, 0.3) is 0 Å². The minimum atomic E-state index is -0.243. The van der Waals surface area contributed by atoms with Crippen LogP contribution in [0.1, 0.15) is 6.92 Å². The van der Waals surface area contributed by atoms with Crippen molar-refractivity contribution in [3.8, 4) is 0 Å². The van der Waals surface area contributed by atoms with E-state index >= 15 is 0 Å². The molecule has 0 heterocycles. The molecule has 0 amide bonds. The Balaban J connectivity index is 3.35. The molecule has 0 aliphatic heterocycles. The highest BCUT2D eigenvalue weighted by Crippen LogP contribution is 1.87. The molecule has 0 radical (unpaired) electrons. The molecule has 0 saturated carbocycles. The molecule has 0 aliphatic carbocycles. The summed E-state index contributed by atoms with van der Waals surface area (Å²) < 4.78 is 0. The van der Waals surface area contributed by atoms with Crippen LogP contribution in [0.15, 0.2) is 24.8 Å². The first-order valence-electron chi connectivity index (χ1n) is 2.40. The zero-order valence-electron chi connectivity index (χ0n) is 4.87. The van der Waals surface area contributed by atoms with Crippen LogP contribution < -0.4 is 0 Å². The lowest BCUT2D eigenvalue weighted by Gasteiger charge is -1.95. The molecule has 8 heavy (non-hydrogen) atoms. The Bertz CT molecular complexity index is 86.5. The smallest absolute Gasteiger partial charge is 0.108 e. The average Bonchev–Trinajstić information content (AvgIpc) is 1.83. The van der Waals surface area contributed by atoms with E-state index in [0.29, 0.717) is 0 Å². The third-order valence-corrected chi connectivity index (χ3v) is 0.684. The fourth-order valence-electron chi connectivity index (χ4n) is 0.270. The van der Waals surface area contributed by atoms with Gasteiger partial charge in [0.25, 0.3) is 0 Å². The molecule has 0 saturated heterocycles. The van der Waals surface area contributed by atoms with Gasteiger partial charge in [0, 0.05) is 0 Å². The van der Waals surface area contributed by atoms with Gasteiger partial charge in [0.1, 0.15) is 6.10 Å². The Morgan fingerprint density at radius 2 is 2.38 bits per heavy atom. The summed E-state index contributed by atoms with van der Waals surface area (Å²) in [6.07, 6.45) is 4.77. The number of allylic oxidation sites excluding steroid dienone is 2. The zero-order valence-corrected chi connectivity index (χ0v) is 4.87. The third-order valence-electron chi connectivity index (χ3n) is 0.684. The van der Waals surface area contributed by atoms with Crippen LogP contribution in [0.5, 0.6) is 0 Å². The summed E-state index contributed by atoms with van der Waals surface area (Å²) in [5.74, 6) is 0. The summed E-state index contributed by atoms with van der Waals surface area (Å²) in [5.41, 5.74) is 0. The second-order valence-corrected chi connectivity index (χ2v) is 1.43.